The maximum atomic E-state index is 14.4. The van der Waals surface area contributed by atoms with Gasteiger partial charge in [-0.3, -0.25) is 9.59 Å². The summed E-state index contributed by atoms with van der Waals surface area (Å²) < 4.78 is 85.8. The third kappa shape index (κ3) is 5.82. The zero-order valence-electron chi connectivity index (χ0n) is 24.7. The molecule has 2 aromatic rings. The van der Waals surface area contributed by atoms with E-state index in [2.05, 4.69) is 24.8 Å². The van der Waals surface area contributed by atoms with E-state index in [9.17, 15) is 31.5 Å². The van der Waals surface area contributed by atoms with Crippen LogP contribution < -0.4 is 19.7 Å². The Morgan fingerprint density at radius 1 is 1.00 bits per heavy atom. The molecule has 2 N–H and O–H groups in total. The fourth-order valence-electron chi connectivity index (χ4n) is 8.40. The van der Waals surface area contributed by atoms with Gasteiger partial charge < -0.3 is 29.5 Å². The molecule has 7 rings (SSSR count). The second-order valence-electron chi connectivity index (χ2n) is 13.3. The van der Waals surface area contributed by atoms with Gasteiger partial charge in [0.1, 0.15) is 0 Å². The van der Waals surface area contributed by atoms with Crippen LogP contribution in [0.5, 0.6) is 11.5 Å². The smallest absolute Gasteiger partial charge is 0.481 e. The lowest BCUT2D eigenvalue weighted by atomic mass is 9.64. The van der Waals surface area contributed by atoms with Gasteiger partial charge in [-0.15, -0.1) is 8.78 Å². The Morgan fingerprint density at radius 3 is 2.30 bits per heavy atom. The molecule has 10 nitrogen and oxygen atoms in total. The van der Waals surface area contributed by atoms with Crippen molar-refractivity contribution in [3.8, 4) is 11.5 Å². The Bertz CT molecular complexity index is 1530. The van der Waals surface area contributed by atoms with E-state index in [-0.39, 0.29) is 48.8 Å². The standard InChI is InChI=1S/C31H33F5N4O6/c32-30(33,34)26-20(27(43)37-13-19-8-16-5-17(9-19)7-18(6-16)10-25(41)42)14-38-28(39-26)40-15-29(1-3-44-4-2-29)21-11-23-24(12-22(21)40)46-31(35,36)45-23/h11-12,14,16-19H,1-10,13,15H2,(H,37,43)(H,41,42). The molecule has 1 saturated heterocycles. The monoisotopic (exact) mass is 652 g/mol. The number of nitrogens with one attached hydrogen (secondary N) is 1. The molecule has 2 saturated carbocycles. The van der Waals surface area contributed by atoms with Crippen molar-refractivity contribution < 1.29 is 50.9 Å². The number of fused-ring (bicyclic) bond motifs is 5. The molecule has 2 atom stereocenters. The van der Waals surface area contributed by atoms with Crippen molar-refractivity contribution >= 4 is 23.5 Å². The molecular formula is C31H33F5N4O6. The zero-order valence-corrected chi connectivity index (χ0v) is 24.7. The SMILES string of the molecule is O=C(O)CC1CC2CC(CNC(=O)c3cnc(N4CC5(CCOCC5)c5cc6c(cc54)OC(F)(F)O6)nc3C(F)(F)F)CC(C1)C2. The number of carboxylic acid groups (broad SMARTS) is 1. The summed E-state index contributed by atoms with van der Waals surface area (Å²) in [5, 5.41) is 11.8. The molecular weight excluding hydrogens is 619 g/mol. The van der Waals surface area contributed by atoms with Crippen molar-refractivity contribution in [3.05, 3.63) is 35.2 Å². The molecule has 248 valence electrons. The summed E-state index contributed by atoms with van der Waals surface area (Å²) in [4.78, 5) is 33.8. The molecule has 2 bridgehead atoms. The van der Waals surface area contributed by atoms with E-state index in [1.54, 1.807) is 0 Å². The fraction of sp³-hybridized carbons (Fsp3) is 0.613. The molecule has 5 aliphatic rings. The topological polar surface area (TPSA) is 123 Å². The van der Waals surface area contributed by atoms with Gasteiger partial charge in [-0.25, -0.2) is 9.97 Å². The number of aliphatic carboxylic acids is 1. The number of aromatic nitrogens is 2. The molecule has 1 spiro atoms. The number of alkyl halides is 5. The summed E-state index contributed by atoms with van der Waals surface area (Å²) >= 11 is 0. The van der Waals surface area contributed by atoms with Crippen LogP contribution in [0.2, 0.25) is 0 Å². The van der Waals surface area contributed by atoms with E-state index in [4.69, 9.17) is 9.84 Å². The Labute approximate surface area is 260 Å². The van der Waals surface area contributed by atoms with Crippen LogP contribution in [0.4, 0.5) is 33.6 Å². The molecule has 2 aliphatic carbocycles. The summed E-state index contributed by atoms with van der Waals surface area (Å²) in [5.41, 5.74) is -1.82. The molecule has 46 heavy (non-hydrogen) atoms. The highest BCUT2D eigenvalue weighted by Crippen LogP contribution is 2.55. The summed E-state index contributed by atoms with van der Waals surface area (Å²) in [6, 6.07) is 2.74. The second-order valence-corrected chi connectivity index (χ2v) is 13.3. The third-order valence-corrected chi connectivity index (χ3v) is 10.2. The number of carbonyl (C=O) groups excluding carboxylic acids is 1. The number of ether oxygens (including phenoxy) is 3. The first-order valence-corrected chi connectivity index (χ1v) is 15.5. The van der Waals surface area contributed by atoms with Crippen LogP contribution in [0.15, 0.2) is 18.3 Å². The lowest BCUT2D eigenvalue weighted by Crippen LogP contribution is -2.38. The predicted molar refractivity (Wildman–Crippen MR) is 150 cm³/mol. The van der Waals surface area contributed by atoms with Gasteiger partial charge >= 0.3 is 18.4 Å². The molecule has 15 heteroatoms. The van der Waals surface area contributed by atoms with Crippen LogP contribution in [0.3, 0.4) is 0 Å². The van der Waals surface area contributed by atoms with Gasteiger partial charge in [0.05, 0.1) is 11.3 Å². The van der Waals surface area contributed by atoms with Crippen LogP contribution >= 0.6 is 0 Å². The number of hydrogen-bond donors (Lipinski definition) is 2. The number of carboxylic acids is 1. The van der Waals surface area contributed by atoms with Crippen LogP contribution in [-0.2, 0) is 21.1 Å². The molecule has 1 aromatic heterocycles. The predicted octanol–water partition coefficient (Wildman–Crippen LogP) is 5.66. The van der Waals surface area contributed by atoms with Gasteiger partial charge in [-0.1, -0.05) is 0 Å². The lowest BCUT2D eigenvalue weighted by Gasteiger charge is -2.42. The van der Waals surface area contributed by atoms with Crippen molar-refractivity contribution in [3.63, 3.8) is 0 Å². The number of benzene rings is 1. The first kappa shape index (κ1) is 30.9. The maximum absolute atomic E-state index is 14.4. The van der Waals surface area contributed by atoms with E-state index < -0.39 is 41.0 Å². The highest BCUT2D eigenvalue weighted by molar-refractivity contribution is 5.95. The first-order valence-electron chi connectivity index (χ1n) is 15.5. The normalized spacial score (nSPS) is 27.4. The van der Waals surface area contributed by atoms with E-state index in [1.807, 2.05) is 0 Å². The van der Waals surface area contributed by atoms with Crippen molar-refractivity contribution in [2.45, 2.75) is 69.3 Å². The summed E-state index contributed by atoms with van der Waals surface area (Å²) in [5.74, 6) is -1.62. The van der Waals surface area contributed by atoms with Gasteiger partial charge in [0, 0.05) is 50.4 Å². The van der Waals surface area contributed by atoms with Crippen LogP contribution in [-0.4, -0.2) is 59.5 Å². The molecule has 3 aliphatic heterocycles. The maximum Gasteiger partial charge on any atom is 0.586 e. The van der Waals surface area contributed by atoms with Crippen molar-refractivity contribution in [2.75, 3.05) is 31.2 Å². The molecule has 3 fully saturated rings. The Morgan fingerprint density at radius 2 is 1.65 bits per heavy atom. The molecule has 1 amide bonds. The number of nitrogens with zero attached hydrogens (tertiary/aromatic N) is 3. The number of hydrogen-bond acceptors (Lipinski definition) is 8. The molecule has 2 unspecified atom stereocenters. The van der Waals surface area contributed by atoms with Gasteiger partial charge in [-0.2, -0.15) is 13.2 Å². The number of anilines is 2. The minimum atomic E-state index is -4.98. The minimum Gasteiger partial charge on any atom is -0.481 e. The average molecular weight is 653 g/mol. The molecule has 1 aromatic carbocycles. The van der Waals surface area contributed by atoms with Gasteiger partial charge in [0.15, 0.2) is 17.2 Å². The van der Waals surface area contributed by atoms with E-state index >= 15 is 0 Å². The highest BCUT2D eigenvalue weighted by atomic mass is 19.4. The van der Waals surface area contributed by atoms with E-state index in [0.717, 1.165) is 38.3 Å². The highest BCUT2D eigenvalue weighted by Gasteiger charge is 2.50. The van der Waals surface area contributed by atoms with Crippen molar-refractivity contribution in [1.29, 1.82) is 0 Å². The molecule has 4 heterocycles. The Balaban J connectivity index is 1.12. The Hall–Kier alpha value is -3.75. The van der Waals surface area contributed by atoms with Crippen LogP contribution in [0.25, 0.3) is 0 Å². The summed E-state index contributed by atoms with van der Waals surface area (Å²) in [6.45, 7) is 1.11. The fourth-order valence-corrected chi connectivity index (χ4v) is 8.40. The lowest BCUT2D eigenvalue weighted by molar-refractivity contribution is -0.286. The second kappa shape index (κ2) is 11.2. The van der Waals surface area contributed by atoms with Crippen LogP contribution in [0, 0.1) is 23.7 Å². The number of amides is 1. The van der Waals surface area contributed by atoms with Gasteiger partial charge in [0.2, 0.25) is 5.95 Å². The van der Waals surface area contributed by atoms with Gasteiger partial charge in [-0.05, 0) is 80.2 Å². The number of halogens is 5. The average Bonchev–Trinajstić information content (AvgIpc) is 3.45. The molecule has 0 radical (unpaired) electrons. The largest absolute Gasteiger partial charge is 0.586 e. The summed E-state index contributed by atoms with van der Waals surface area (Å²) in [7, 11) is 0. The zero-order chi connectivity index (χ0) is 32.4. The third-order valence-electron chi connectivity index (χ3n) is 10.2. The van der Waals surface area contributed by atoms with Crippen molar-refractivity contribution in [1.82, 2.24) is 15.3 Å². The quantitative estimate of drug-likeness (QED) is 0.381. The van der Waals surface area contributed by atoms with Gasteiger partial charge in [0.25, 0.3) is 5.91 Å². The number of rotatable bonds is 6. The van der Waals surface area contributed by atoms with Crippen LogP contribution in [0.1, 0.15) is 73.0 Å². The van der Waals surface area contributed by atoms with Crippen molar-refractivity contribution in [2.24, 2.45) is 23.7 Å². The minimum absolute atomic E-state index is 0.0741. The number of carbonyl (C=O) groups is 2. The first-order chi connectivity index (χ1) is 21.8. The van der Waals surface area contributed by atoms with E-state index in [1.165, 1.54) is 17.0 Å². The summed E-state index contributed by atoms with van der Waals surface area (Å²) in [6.07, 6.45) is -2.71. The Kier molecular flexibility index (Phi) is 7.52. The van der Waals surface area contributed by atoms with E-state index in [0.29, 0.717) is 49.1 Å².